The van der Waals surface area contributed by atoms with Crippen molar-refractivity contribution in [1.82, 2.24) is 9.59 Å². The van der Waals surface area contributed by atoms with E-state index in [1.165, 1.54) is 35.0 Å². The largest absolute Gasteiger partial charge is 0.288 e. The van der Waals surface area contributed by atoms with Crippen LogP contribution in [0, 0.1) is 10.1 Å². The van der Waals surface area contributed by atoms with Crippen molar-refractivity contribution in [3.63, 3.8) is 0 Å². The van der Waals surface area contributed by atoms with E-state index in [0.717, 1.165) is 0 Å². The molecule has 0 radical (unpaired) electrons. The van der Waals surface area contributed by atoms with Crippen molar-refractivity contribution >= 4 is 40.4 Å². The molecule has 114 valence electrons. The Kier molecular flexibility index (Phi) is 4.35. The maximum absolute atomic E-state index is 12.1. The molecular weight excluding hydrogens is 334 g/mol. The molecular formula is C15H9N3O3S2. The number of nitrogens with zero attached hydrogens (tertiary/aromatic N) is 3. The van der Waals surface area contributed by atoms with Crippen LogP contribution in [0.2, 0.25) is 0 Å². The molecule has 1 aromatic carbocycles. The molecule has 0 aliphatic carbocycles. The topological polar surface area (TPSA) is 86.0 Å². The molecule has 0 bridgehead atoms. The molecule has 0 unspecified atom stereocenters. The van der Waals surface area contributed by atoms with Crippen LogP contribution in [0.3, 0.4) is 0 Å². The second-order valence-electron chi connectivity index (χ2n) is 4.47. The number of para-hydroxylation sites is 1. The Bertz CT molecular complexity index is 885. The summed E-state index contributed by atoms with van der Waals surface area (Å²) in [5.74, 6) is -0.173. The number of allylic oxidation sites excluding steroid dienone is 1. The molecule has 0 saturated heterocycles. The lowest BCUT2D eigenvalue weighted by molar-refractivity contribution is -0.384. The van der Waals surface area contributed by atoms with Gasteiger partial charge >= 0.3 is 0 Å². The number of thiophene rings is 1. The predicted octanol–water partition coefficient (Wildman–Crippen LogP) is 4.07. The number of carbonyl (C=O) groups is 1. The van der Waals surface area contributed by atoms with Crippen molar-refractivity contribution < 1.29 is 9.72 Å². The molecule has 3 rings (SSSR count). The zero-order valence-corrected chi connectivity index (χ0v) is 13.2. The van der Waals surface area contributed by atoms with E-state index in [0.29, 0.717) is 21.0 Å². The Balaban J connectivity index is 1.86. The minimum atomic E-state index is -0.425. The van der Waals surface area contributed by atoms with Crippen molar-refractivity contribution in [1.29, 1.82) is 0 Å². The highest BCUT2D eigenvalue weighted by Crippen LogP contribution is 2.34. The first-order valence-corrected chi connectivity index (χ1v) is 8.13. The number of rotatable bonds is 5. The summed E-state index contributed by atoms with van der Waals surface area (Å²) in [6, 6.07) is 9.87. The average Bonchev–Trinajstić information content (AvgIpc) is 3.24. The second-order valence-corrected chi connectivity index (χ2v) is 6.16. The summed E-state index contributed by atoms with van der Waals surface area (Å²) in [6.07, 6.45) is 3.02. The maximum atomic E-state index is 12.1. The lowest BCUT2D eigenvalue weighted by atomic mass is 10.1. The van der Waals surface area contributed by atoms with E-state index in [1.807, 2.05) is 0 Å². The zero-order valence-electron chi connectivity index (χ0n) is 11.6. The average molecular weight is 343 g/mol. The molecule has 0 fully saturated rings. The van der Waals surface area contributed by atoms with Crippen LogP contribution in [0.4, 0.5) is 5.69 Å². The van der Waals surface area contributed by atoms with Crippen LogP contribution < -0.4 is 0 Å². The molecule has 0 spiro atoms. The molecule has 6 nitrogen and oxygen atoms in total. The Labute approximate surface area is 139 Å². The lowest BCUT2D eigenvalue weighted by Crippen LogP contribution is -1.90. The Morgan fingerprint density at radius 1 is 1.22 bits per heavy atom. The smallest absolute Gasteiger partial charge is 0.278 e. The summed E-state index contributed by atoms with van der Waals surface area (Å²) in [6.45, 7) is 0. The first kappa shape index (κ1) is 15.2. The Hall–Kier alpha value is -2.71. The standard InChI is InChI=1S/C15H9N3O3S2/c19-13(6-5-10-9-22-17-16-10)15-8-7-14(23-15)11-3-1-2-4-12(11)18(20)21/h1-9H. The van der Waals surface area contributed by atoms with Crippen LogP contribution in [0.15, 0.2) is 47.9 Å². The summed E-state index contributed by atoms with van der Waals surface area (Å²) >= 11 is 2.43. The molecule has 0 amide bonds. The van der Waals surface area contributed by atoms with E-state index in [1.54, 1.807) is 41.8 Å². The van der Waals surface area contributed by atoms with Gasteiger partial charge in [0.1, 0.15) is 0 Å². The number of benzene rings is 1. The van der Waals surface area contributed by atoms with Gasteiger partial charge in [0.25, 0.3) is 5.69 Å². The molecule has 23 heavy (non-hydrogen) atoms. The van der Waals surface area contributed by atoms with Crippen molar-refractivity contribution in [3.05, 3.63) is 68.5 Å². The maximum Gasteiger partial charge on any atom is 0.278 e. The minimum absolute atomic E-state index is 0.0254. The normalized spacial score (nSPS) is 11.0. The molecule has 0 aliphatic rings. The van der Waals surface area contributed by atoms with Gasteiger partial charge in [0.15, 0.2) is 5.78 Å². The molecule has 3 aromatic rings. The summed E-state index contributed by atoms with van der Waals surface area (Å²) in [7, 11) is 0. The monoisotopic (exact) mass is 343 g/mol. The van der Waals surface area contributed by atoms with Gasteiger partial charge < -0.3 is 0 Å². The fraction of sp³-hybridized carbons (Fsp3) is 0. The van der Waals surface area contributed by atoms with Gasteiger partial charge in [0.2, 0.25) is 0 Å². The number of nitro benzene ring substituents is 1. The molecule has 0 aliphatic heterocycles. The number of hydrogen-bond donors (Lipinski definition) is 0. The molecule has 2 aromatic heterocycles. The molecule has 0 atom stereocenters. The molecule has 0 N–H and O–H groups in total. The van der Waals surface area contributed by atoms with Crippen LogP contribution >= 0.6 is 22.9 Å². The zero-order chi connectivity index (χ0) is 16.2. The number of ketones is 1. The summed E-state index contributed by atoms with van der Waals surface area (Å²) in [5.41, 5.74) is 1.16. The highest BCUT2D eigenvalue weighted by molar-refractivity contribution is 7.17. The third kappa shape index (κ3) is 3.38. The van der Waals surface area contributed by atoms with Crippen molar-refractivity contribution in [2.75, 3.05) is 0 Å². The fourth-order valence-corrected chi connectivity index (χ4v) is 3.33. The van der Waals surface area contributed by atoms with E-state index in [4.69, 9.17) is 0 Å². The van der Waals surface area contributed by atoms with E-state index in [9.17, 15) is 14.9 Å². The second kappa shape index (κ2) is 6.59. The number of hydrogen-bond acceptors (Lipinski definition) is 7. The van der Waals surface area contributed by atoms with E-state index >= 15 is 0 Å². The van der Waals surface area contributed by atoms with Crippen LogP contribution in [-0.2, 0) is 0 Å². The SMILES string of the molecule is O=C(C=Cc1csnn1)c1ccc(-c2ccccc2[N+](=O)[O-])s1. The van der Waals surface area contributed by atoms with Gasteiger partial charge in [0, 0.05) is 16.3 Å². The van der Waals surface area contributed by atoms with Gasteiger partial charge in [0.05, 0.1) is 21.1 Å². The Morgan fingerprint density at radius 3 is 2.78 bits per heavy atom. The lowest BCUT2D eigenvalue weighted by Gasteiger charge is -1.98. The fourth-order valence-electron chi connectivity index (χ4n) is 1.94. The summed E-state index contributed by atoms with van der Waals surface area (Å²) in [5, 5.41) is 16.6. The first-order chi connectivity index (χ1) is 11.1. The minimum Gasteiger partial charge on any atom is -0.288 e. The van der Waals surface area contributed by atoms with Crippen LogP contribution in [0.1, 0.15) is 15.4 Å². The van der Waals surface area contributed by atoms with Gasteiger partial charge in [-0.1, -0.05) is 16.6 Å². The van der Waals surface area contributed by atoms with Crippen LogP contribution in [-0.4, -0.2) is 20.3 Å². The van der Waals surface area contributed by atoms with E-state index < -0.39 is 4.92 Å². The Morgan fingerprint density at radius 2 is 2.04 bits per heavy atom. The number of carbonyl (C=O) groups excluding carboxylic acids is 1. The van der Waals surface area contributed by atoms with Gasteiger partial charge in [-0.05, 0) is 41.9 Å². The number of aromatic nitrogens is 2. The summed E-state index contributed by atoms with van der Waals surface area (Å²) in [4.78, 5) is 24.0. The van der Waals surface area contributed by atoms with Gasteiger partial charge in [-0.2, -0.15) is 0 Å². The van der Waals surface area contributed by atoms with Crippen molar-refractivity contribution in [3.8, 4) is 10.4 Å². The quantitative estimate of drug-likeness (QED) is 0.302. The summed E-state index contributed by atoms with van der Waals surface area (Å²) < 4.78 is 3.71. The van der Waals surface area contributed by atoms with Crippen molar-refractivity contribution in [2.45, 2.75) is 0 Å². The highest BCUT2D eigenvalue weighted by atomic mass is 32.1. The van der Waals surface area contributed by atoms with Crippen molar-refractivity contribution in [2.24, 2.45) is 0 Å². The van der Waals surface area contributed by atoms with Crippen LogP contribution in [0.5, 0.6) is 0 Å². The molecule has 2 heterocycles. The third-order valence-electron chi connectivity index (χ3n) is 3.00. The molecule has 0 saturated carbocycles. The van der Waals surface area contributed by atoms with Gasteiger partial charge in [-0.3, -0.25) is 14.9 Å². The number of nitro groups is 1. The predicted molar refractivity (Wildman–Crippen MR) is 89.7 cm³/mol. The third-order valence-corrected chi connectivity index (χ3v) is 4.65. The highest BCUT2D eigenvalue weighted by Gasteiger charge is 2.16. The van der Waals surface area contributed by atoms with E-state index in [-0.39, 0.29) is 11.5 Å². The van der Waals surface area contributed by atoms with Gasteiger partial charge in [-0.15, -0.1) is 16.4 Å². The van der Waals surface area contributed by atoms with Crippen LogP contribution in [0.25, 0.3) is 16.5 Å². The van der Waals surface area contributed by atoms with E-state index in [2.05, 4.69) is 9.59 Å². The molecule has 8 heteroatoms. The first-order valence-electron chi connectivity index (χ1n) is 6.48. The van der Waals surface area contributed by atoms with Gasteiger partial charge in [-0.25, -0.2) is 0 Å².